The lowest BCUT2D eigenvalue weighted by molar-refractivity contribution is -0.710. The molecular weight excluding hydrogens is 448 g/mol. The Bertz CT molecular complexity index is 973. The molecule has 2 nitrogen and oxygen atoms in total. The maximum Gasteiger partial charge on any atom is 0.261 e. The smallest absolute Gasteiger partial charge is 0.234 e. The van der Waals surface area contributed by atoms with Gasteiger partial charge < -0.3 is 0 Å². The molecule has 0 bridgehead atoms. The number of benzene rings is 2. The minimum Gasteiger partial charge on any atom is -0.234 e. The zero-order valence-corrected chi connectivity index (χ0v) is 24.1. The van der Waals surface area contributed by atoms with E-state index < -0.39 is 0 Å². The van der Waals surface area contributed by atoms with E-state index in [2.05, 4.69) is 96.8 Å². The SMILES string of the molecule is CCCCCCCCn1cc(CC(C)c2ccccc2)[n+](CCCCCCCC)c1Cc1ccccc1. The largest absolute Gasteiger partial charge is 0.261 e. The number of aryl methyl sites for hydroxylation is 1. The van der Waals surface area contributed by atoms with E-state index in [0.29, 0.717) is 5.92 Å². The lowest BCUT2D eigenvalue weighted by Crippen LogP contribution is -2.41. The number of hydrogen-bond donors (Lipinski definition) is 0. The van der Waals surface area contributed by atoms with Gasteiger partial charge in [-0.05, 0) is 42.7 Å². The molecule has 1 heterocycles. The first-order valence-corrected chi connectivity index (χ1v) is 15.4. The highest BCUT2D eigenvalue weighted by Gasteiger charge is 2.25. The average molecular weight is 502 g/mol. The van der Waals surface area contributed by atoms with Crippen molar-refractivity contribution in [3.8, 4) is 0 Å². The molecule has 2 heteroatoms. The van der Waals surface area contributed by atoms with Crippen molar-refractivity contribution in [2.75, 3.05) is 0 Å². The number of rotatable bonds is 19. The van der Waals surface area contributed by atoms with Gasteiger partial charge in [0.1, 0.15) is 11.9 Å². The van der Waals surface area contributed by atoms with Crippen LogP contribution in [0.25, 0.3) is 0 Å². The molecule has 2 aromatic carbocycles. The van der Waals surface area contributed by atoms with E-state index in [4.69, 9.17) is 0 Å². The summed E-state index contributed by atoms with van der Waals surface area (Å²) in [6.07, 6.45) is 20.8. The van der Waals surface area contributed by atoms with Gasteiger partial charge in [0, 0.05) is 6.42 Å². The summed E-state index contributed by atoms with van der Waals surface area (Å²) in [5.41, 5.74) is 4.38. The monoisotopic (exact) mass is 501 g/mol. The van der Waals surface area contributed by atoms with Crippen LogP contribution in [0.4, 0.5) is 0 Å². The van der Waals surface area contributed by atoms with Gasteiger partial charge in [-0.1, -0.05) is 133 Å². The molecule has 0 aliphatic rings. The van der Waals surface area contributed by atoms with Crippen LogP contribution in [0.1, 0.15) is 126 Å². The van der Waals surface area contributed by atoms with Gasteiger partial charge in [0.05, 0.1) is 19.5 Å². The molecule has 0 saturated carbocycles. The number of imidazole rings is 1. The van der Waals surface area contributed by atoms with Crippen LogP contribution in [-0.4, -0.2) is 4.57 Å². The minimum absolute atomic E-state index is 0.520. The quantitative estimate of drug-likeness (QED) is 0.114. The maximum atomic E-state index is 2.71. The Kier molecular flexibility index (Phi) is 13.6. The van der Waals surface area contributed by atoms with E-state index in [9.17, 15) is 0 Å². The predicted molar refractivity (Wildman–Crippen MR) is 159 cm³/mol. The second kappa shape index (κ2) is 17.2. The fourth-order valence-corrected chi connectivity index (χ4v) is 5.58. The highest BCUT2D eigenvalue weighted by molar-refractivity contribution is 5.21. The zero-order chi connectivity index (χ0) is 26.1. The maximum absolute atomic E-state index is 2.71. The molecule has 0 N–H and O–H groups in total. The van der Waals surface area contributed by atoms with Crippen molar-refractivity contribution < 1.29 is 4.57 Å². The second-order valence-electron chi connectivity index (χ2n) is 11.1. The summed E-state index contributed by atoms with van der Waals surface area (Å²) in [6, 6.07) is 22.2. The molecule has 1 unspecified atom stereocenters. The molecule has 3 aromatic rings. The third-order valence-electron chi connectivity index (χ3n) is 7.87. The Labute approximate surface area is 228 Å². The fraction of sp³-hybridized carbons (Fsp3) is 0.571. The van der Waals surface area contributed by atoms with E-state index in [1.807, 2.05) is 0 Å². The van der Waals surface area contributed by atoms with E-state index >= 15 is 0 Å². The van der Waals surface area contributed by atoms with Crippen molar-refractivity contribution in [1.82, 2.24) is 4.57 Å². The van der Waals surface area contributed by atoms with Gasteiger partial charge in [0.15, 0.2) is 0 Å². The van der Waals surface area contributed by atoms with Crippen molar-refractivity contribution in [3.05, 3.63) is 89.5 Å². The summed E-state index contributed by atoms with van der Waals surface area (Å²) >= 11 is 0. The average Bonchev–Trinajstić information content (AvgIpc) is 3.24. The molecule has 3 rings (SSSR count). The van der Waals surface area contributed by atoms with Crippen LogP contribution in [0.5, 0.6) is 0 Å². The molecular formula is C35H53N2+. The Morgan fingerprint density at radius 2 is 1.24 bits per heavy atom. The van der Waals surface area contributed by atoms with Crippen molar-refractivity contribution in [1.29, 1.82) is 0 Å². The van der Waals surface area contributed by atoms with Gasteiger partial charge in [-0.3, -0.25) is 0 Å². The Hall–Kier alpha value is -2.35. The highest BCUT2D eigenvalue weighted by atomic mass is 15.2. The summed E-state index contributed by atoms with van der Waals surface area (Å²) < 4.78 is 5.33. The first kappa shape index (κ1) is 29.2. The molecule has 0 saturated heterocycles. The topological polar surface area (TPSA) is 8.81 Å². The third-order valence-corrected chi connectivity index (χ3v) is 7.87. The number of hydrogen-bond acceptors (Lipinski definition) is 0. The Balaban J connectivity index is 1.82. The van der Waals surface area contributed by atoms with Crippen LogP contribution >= 0.6 is 0 Å². The molecule has 0 amide bonds. The Morgan fingerprint density at radius 3 is 1.89 bits per heavy atom. The normalized spacial score (nSPS) is 12.2. The molecule has 1 aromatic heterocycles. The summed E-state index contributed by atoms with van der Waals surface area (Å²) in [7, 11) is 0. The third kappa shape index (κ3) is 10.1. The van der Waals surface area contributed by atoms with E-state index in [-0.39, 0.29) is 0 Å². The van der Waals surface area contributed by atoms with Gasteiger partial charge in [-0.2, -0.15) is 0 Å². The van der Waals surface area contributed by atoms with Crippen LogP contribution in [0, 0.1) is 0 Å². The van der Waals surface area contributed by atoms with Gasteiger partial charge >= 0.3 is 0 Å². The first-order valence-electron chi connectivity index (χ1n) is 15.4. The van der Waals surface area contributed by atoms with Gasteiger partial charge in [0.2, 0.25) is 0 Å². The van der Waals surface area contributed by atoms with Crippen molar-refractivity contribution in [3.63, 3.8) is 0 Å². The molecule has 0 aliphatic carbocycles. The van der Waals surface area contributed by atoms with E-state index in [0.717, 1.165) is 25.9 Å². The van der Waals surface area contributed by atoms with E-state index in [1.165, 1.54) is 99.7 Å². The number of aromatic nitrogens is 2. The predicted octanol–water partition coefficient (Wildman–Crippen LogP) is 9.43. The molecule has 37 heavy (non-hydrogen) atoms. The summed E-state index contributed by atoms with van der Waals surface area (Å²) in [6.45, 7) is 9.29. The van der Waals surface area contributed by atoms with Gasteiger partial charge in [0.25, 0.3) is 5.82 Å². The van der Waals surface area contributed by atoms with Crippen molar-refractivity contribution in [2.45, 2.75) is 130 Å². The summed E-state index contributed by atoms with van der Waals surface area (Å²) in [5.74, 6) is 2.02. The molecule has 202 valence electrons. The van der Waals surface area contributed by atoms with Gasteiger partial charge in [-0.25, -0.2) is 9.13 Å². The van der Waals surface area contributed by atoms with Crippen LogP contribution < -0.4 is 4.57 Å². The van der Waals surface area contributed by atoms with Crippen molar-refractivity contribution >= 4 is 0 Å². The van der Waals surface area contributed by atoms with Crippen LogP contribution in [-0.2, 0) is 25.9 Å². The lowest BCUT2D eigenvalue weighted by Gasteiger charge is -2.12. The first-order chi connectivity index (χ1) is 18.2. The molecule has 0 spiro atoms. The van der Waals surface area contributed by atoms with Gasteiger partial charge in [-0.15, -0.1) is 0 Å². The molecule has 0 fully saturated rings. The highest BCUT2D eigenvalue weighted by Crippen LogP contribution is 2.21. The summed E-state index contributed by atoms with van der Waals surface area (Å²) in [4.78, 5) is 0. The molecule has 0 radical (unpaired) electrons. The molecule has 1 atom stereocenters. The zero-order valence-electron chi connectivity index (χ0n) is 24.1. The fourth-order valence-electron chi connectivity index (χ4n) is 5.58. The second-order valence-corrected chi connectivity index (χ2v) is 11.1. The number of nitrogens with zero attached hydrogens (tertiary/aromatic N) is 2. The van der Waals surface area contributed by atoms with Crippen LogP contribution in [0.15, 0.2) is 66.9 Å². The van der Waals surface area contributed by atoms with Crippen LogP contribution in [0.3, 0.4) is 0 Å². The van der Waals surface area contributed by atoms with Crippen molar-refractivity contribution in [2.24, 2.45) is 0 Å². The summed E-state index contributed by atoms with van der Waals surface area (Å²) in [5, 5.41) is 0. The Morgan fingerprint density at radius 1 is 0.676 bits per heavy atom. The standard InChI is InChI=1S/C35H53N2/c1-4-6-8-10-12-20-26-36-30-34(28-31(3)33-24-18-15-19-25-33)37(27-21-13-11-9-7-5-2)35(36)29-32-22-16-14-17-23-32/h14-19,22-25,30-31H,4-13,20-21,26-29H2,1-3H3/q+1. The minimum atomic E-state index is 0.520. The van der Waals surface area contributed by atoms with E-state index in [1.54, 1.807) is 0 Å². The van der Waals surface area contributed by atoms with Crippen LogP contribution in [0.2, 0.25) is 0 Å². The lowest BCUT2D eigenvalue weighted by atomic mass is 9.96. The number of unbranched alkanes of at least 4 members (excludes halogenated alkanes) is 10. The molecule has 0 aliphatic heterocycles.